The first kappa shape index (κ1) is 28.8. The quantitative estimate of drug-likeness (QED) is 0.331. The van der Waals surface area contributed by atoms with E-state index in [1.165, 1.54) is 17.0 Å². The molecule has 0 radical (unpaired) electrons. The highest BCUT2D eigenvalue weighted by Gasteiger charge is 2.33. The van der Waals surface area contributed by atoms with Crippen LogP contribution in [0.4, 0.5) is 5.69 Å². The van der Waals surface area contributed by atoms with Crippen LogP contribution in [0.2, 0.25) is 0 Å². The van der Waals surface area contributed by atoms with Gasteiger partial charge in [-0.15, -0.1) is 0 Å². The lowest BCUT2D eigenvalue weighted by Crippen LogP contribution is -2.52. The molecule has 1 atom stereocenters. The standard InChI is InChI=1S/C30H34BrN3O4S/c1-22-10-6-9-15-28(22)34(39(37,38)27-13-4-3-5-14-27)21-29(35)33(20-24-16-18-25(31)19-17-24)23(2)30(36)32-26-11-7-8-12-26/h3-6,9-10,13-19,23,26H,7-8,11-12,20-21H2,1-2H3,(H,32,36). The molecule has 1 unspecified atom stereocenters. The van der Waals surface area contributed by atoms with E-state index in [1.54, 1.807) is 37.3 Å². The van der Waals surface area contributed by atoms with Crippen molar-refractivity contribution in [3.05, 3.63) is 94.5 Å². The monoisotopic (exact) mass is 611 g/mol. The molecule has 0 aliphatic heterocycles. The zero-order valence-corrected chi connectivity index (χ0v) is 24.6. The van der Waals surface area contributed by atoms with E-state index in [-0.39, 0.29) is 23.4 Å². The van der Waals surface area contributed by atoms with Crippen LogP contribution in [0.25, 0.3) is 0 Å². The lowest BCUT2D eigenvalue weighted by atomic mass is 10.1. The Labute approximate surface area is 239 Å². The van der Waals surface area contributed by atoms with E-state index in [2.05, 4.69) is 21.2 Å². The van der Waals surface area contributed by atoms with Gasteiger partial charge in [-0.3, -0.25) is 13.9 Å². The van der Waals surface area contributed by atoms with Crippen molar-refractivity contribution in [2.24, 2.45) is 0 Å². The Kier molecular flexibility index (Phi) is 9.45. The van der Waals surface area contributed by atoms with E-state index in [1.807, 2.05) is 43.3 Å². The minimum Gasteiger partial charge on any atom is -0.352 e. The van der Waals surface area contributed by atoms with Crippen LogP contribution in [0.5, 0.6) is 0 Å². The van der Waals surface area contributed by atoms with E-state index in [0.717, 1.165) is 45.6 Å². The number of anilines is 1. The molecule has 0 spiro atoms. The van der Waals surface area contributed by atoms with Crippen LogP contribution < -0.4 is 9.62 Å². The summed E-state index contributed by atoms with van der Waals surface area (Å²) in [6.45, 7) is 3.23. The second kappa shape index (κ2) is 12.8. The summed E-state index contributed by atoms with van der Waals surface area (Å²) in [5.74, 6) is -0.699. The number of benzene rings is 3. The summed E-state index contributed by atoms with van der Waals surface area (Å²) in [6.07, 6.45) is 4.00. The highest BCUT2D eigenvalue weighted by Crippen LogP contribution is 2.27. The largest absolute Gasteiger partial charge is 0.352 e. The van der Waals surface area contributed by atoms with Gasteiger partial charge in [0, 0.05) is 17.1 Å². The molecule has 1 aliphatic rings. The van der Waals surface area contributed by atoms with Gasteiger partial charge >= 0.3 is 0 Å². The molecule has 0 bridgehead atoms. The third kappa shape index (κ3) is 7.08. The van der Waals surface area contributed by atoms with E-state index >= 15 is 0 Å². The molecule has 9 heteroatoms. The smallest absolute Gasteiger partial charge is 0.264 e. The Balaban J connectivity index is 1.68. The predicted molar refractivity (Wildman–Crippen MR) is 157 cm³/mol. The third-order valence-corrected chi connectivity index (χ3v) is 9.43. The maximum Gasteiger partial charge on any atom is 0.264 e. The van der Waals surface area contributed by atoms with Crippen molar-refractivity contribution in [1.82, 2.24) is 10.2 Å². The van der Waals surface area contributed by atoms with Crippen LogP contribution in [0, 0.1) is 6.92 Å². The fraction of sp³-hybridized carbons (Fsp3) is 0.333. The molecule has 0 heterocycles. The minimum atomic E-state index is -4.07. The van der Waals surface area contributed by atoms with Gasteiger partial charge < -0.3 is 10.2 Å². The molecule has 3 aromatic carbocycles. The maximum absolute atomic E-state index is 14.0. The molecule has 7 nitrogen and oxygen atoms in total. The molecule has 0 saturated heterocycles. The molecule has 3 aromatic rings. The molecule has 1 aliphatic carbocycles. The van der Waals surface area contributed by atoms with Gasteiger partial charge in [0.25, 0.3) is 10.0 Å². The zero-order chi connectivity index (χ0) is 28.0. The number of hydrogen-bond acceptors (Lipinski definition) is 4. The highest BCUT2D eigenvalue weighted by atomic mass is 79.9. The molecule has 206 valence electrons. The molecule has 0 aromatic heterocycles. The first-order chi connectivity index (χ1) is 18.7. The van der Waals surface area contributed by atoms with Crippen molar-refractivity contribution < 1.29 is 18.0 Å². The third-order valence-electron chi connectivity index (χ3n) is 7.13. The Morgan fingerprint density at radius 3 is 2.21 bits per heavy atom. The summed E-state index contributed by atoms with van der Waals surface area (Å²) >= 11 is 3.43. The zero-order valence-electron chi connectivity index (χ0n) is 22.2. The number of amides is 2. The van der Waals surface area contributed by atoms with Gasteiger partial charge in [-0.2, -0.15) is 0 Å². The predicted octanol–water partition coefficient (Wildman–Crippen LogP) is 5.43. The van der Waals surface area contributed by atoms with Crippen molar-refractivity contribution >= 4 is 43.5 Å². The molecular weight excluding hydrogens is 578 g/mol. The van der Waals surface area contributed by atoms with Crippen molar-refractivity contribution in [3.63, 3.8) is 0 Å². The molecule has 1 N–H and O–H groups in total. The number of carbonyl (C=O) groups excluding carboxylic acids is 2. The number of para-hydroxylation sites is 1. The minimum absolute atomic E-state index is 0.0903. The summed E-state index contributed by atoms with van der Waals surface area (Å²) in [5, 5.41) is 3.09. The molecular formula is C30H34BrN3O4S. The number of halogens is 1. The van der Waals surface area contributed by atoms with Gasteiger partial charge in [0.05, 0.1) is 10.6 Å². The van der Waals surface area contributed by atoms with Gasteiger partial charge in [-0.1, -0.05) is 77.3 Å². The van der Waals surface area contributed by atoms with Gasteiger partial charge in [-0.05, 0) is 68.1 Å². The summed E-state index contributed by atoms with van der Waals surface area (Å²) in [7, 11) is -4.07. The van der Waals surface area contributed by atoms with Crippen molar-refractivity contribution in [2.45, 2.75) is 63.1 Å². The number of carbonyl (C=O) groups is 2. The van der Waals surface area contributed by atoms with Crippen LogP contribution in [-0.2, 0) is 26.2 Å². The summed E-state index contributed by atoms with van der Waals surface area (Å²) in [6, 6.07) is 22.0. The highest BCUT2D eigenvalue weighted by molar-refractivity contribution is 9.10. The van der Waals surface area contributed by atoms with E-state index in [9.17, 15) is 18.0 Å². The second-order valence-electron chi connectivity index (χ2n) is 9.93. The van der Waals surface area contributed by atoms with Crippen LogP contribution in [0.1, 0.15) is 43.7 Å². The first-order valence-corrected chi connectivity index (χ1v) is 15.4. The number of hydrogen-bond donors (Lipinski definition) is 1. The Bertz CT molecular complexity index is 1390. The molecule has 1 fully saturated rings. The Morgan fingerprint density at radius 2 is 1.56 bits per heavy atom. The second-order valence-corrected chi connectivity index (χ2v) is 12.7. The van der Waals surface area contributed by atoms with Crippen LogP contribution in [-0.4, -0.2) is 43.8 Å². The average Bonchev–Trinajstić information content (AvgIpc) is 3.45. The van der Waals surface area contributed by atoms with Crippen LogP contribution in [0.3, 0.4) is 0 Å². The molecule has 4 rings (SSSR count). The molecule has 1 saturated carbocycles. The van der Waals surface area contributed by atoms with Crippen LogP contribution >= 0.6 is 15.9 Å². The van der Waals surface area contributed by atoms with Gasteiger partial charge in [0.2, 0.25) is 11.8 Å². The maximum atomic E-state index is 14.0. The number of nitrogens with zero attached hydrogens (tertiary/aromatic N) is 2. The first-order valence-electron chi connectivity index (χ1n) is 13.1. The fourth-order valence-corrected chi connectivity index (χ4v) is 6.60. The van der Waals surface area contributed by atoms with Crippen LogP contribution in [0.15, 0.2) is 88.2 Å². The summed E-state index contributed by atoms with van der Waals surface area (Å²) in [5.41, 5.74) is 1.97. The molecule has 2 amide bonds. The number of nitrogens with one attached hydrogen (secondary N) is 1. The van der Waals surface area contributed by atoms with Crippen molar-refractivity contribution in [2.75, 3.05) is 10.8 Å². The lowest BCUT2D eigenvalue weighted by molar-refractivity contribution is -0.139. The molecule has 39 heavy (non-hydrogen) atoms. The topological polar surface area (TPSA) is 86.8 Å². The normalized spacial score (nSPS) is 14.5. The lowest BCUT2D eigenvalue weighted by Gasteiger charge is -2.33. The van der Waals surface area contributed by atoms with Crippen molar-refractivity contribution in [1.29, 1.82) is 0 Å². The van der Waals surface area contributed by atoms with Gasteiger partial charge in [0.15, 0.2) is 0 Å². The SMILES string of the molecule is Cc1ccccc1N(CC(=O)N(Cc1ccc(Br)cc1)C(C)C(=O)NC1CCCC1)S(=O)(=O)c1ccccc1. The number of aryl methyl sites for hydroxylation is 1. The van der Waals surface area contributed by atoms with Crippen molar-refractivity contribution in [3.8, 4) is 0 Å². The van der Waals surface area contributed by atoms with E-state index in [0.29, 0.717) is 5.69 Å². The van der Waals surface area contributed by atoms with E-state index < -0.39 is 28.5 Å². The van der Waals surface area contributed by atoms with E-state index in [4.69, 9.17) is 0 Å². The Morgan fingerprint density at radius 1 is 0.949 bits per heavy atom. The van der Waals surface area contributed by atoms with Gasteiger partial charge in [-0.25, -0.2) is 8.42 Å². The summed E-state index contributed by atoms with van der Waals surface area (Å²) in [4.78, 5) is 28.8. The Hall–Kier alpha value is -3.17. The number of sulfonamides is 1. The average molecular weight is 613 g/mol. The fourth-order valence-electron chi connectivity index (χ4n) is 4.84. The van der Waals surface area contributed by atoms with Gasteiger partial charge in [0.1, 0.15) is 12.6 Å². The summed E-state index contributed by atoms with van der Waals surface area (Å²) < 4.78 is 29.7. The number of rotatable bonds is 10.